The summed E-state index contributed by atoms with van der Waals surface area (Å²) in [5.74, 6) is -0.0290. The smallest absolute Gasteiger partial charge is 0.242 e. The molecule has 4 nitrogen and oxygen atoms in total. The topological polar surface area (TPSA) is 49.4 Å². The molecule has 26 heavy (non-hydrogen) atoms. The maximum atomic E-state index is 13.1. The minimum Gasteiger partial charge on any atom is -0.357 e. The maximum absolute atomic E-state index is 13.1. The molecule has 2 amide bonds. The molecule has 0 aliphatic heterocycles. The van der Waals surface area contributed by atoms with Crippen molar-refractivity contribution in [1.29, 1.82) is 0 Å². The number of nitrogens with one attached hydrogen (secondary N) is 1. The molecule has 2 aromatic carbocycles. The Kier molecular flexibility index (Phi) is 7.66. The van der Waals surface area contributed by atoms with E-state index in [9.17, 15) is 14.0 Å². The molecule has 2 aromatic rings. The van der Waals surface area contributed by atoms with Crippen LogP contribution in [0, 0.1) is 5.82 Å². The van der Waals surface area contributed by atoms with Crippen molar-refractivity contribution in [2.75, 3.05) is 12.8 Å². The number of halogens is 1. The third-order valence-electron chi connectivity index (χ3n) is 4.01. The van der Waals surface area contributed by atoms with Gasteiger partial charge in [-0.2, -0.15) is 0 Å². The highest BCUT2D eigenvalue weighted by Gasteiger charge is 2.25. The van der Waals surface area contributed by atoms with Gasteiger partial charge >= 0.3 is 0 Å². The third kappa shape index (κ3) is 5.88. The molecule has 0 spiro atoms. The Morgan fingerprint density at radius 1 is 1.12 bits per heavy atom. The van der Waals surface area contributed by atoms with Crippen LogP contribution in [0.25, 0.3) is 0 Å². The van der Waals surface area contributed by atoms with E-state index in [1.807, 2.05) is 30.3 Å². The summed E-state index contributed by atoms with van der Waals surface area (Å²) in [5, 5.41) is 2.58. The largest absolute Gasteiger partial charge is 0.357 e. The Morgan fingerprint density at radius 3 is 2.38 bits per heavy atom. The quantitative estimate of drug-likeness (QED) is 0.720. The highest BCUT2D eigenvalue weighted by atomic mass is 32.2. The minimum atomic E-state index is -0.598. The van der Waals surface area contributed by atoms with Crippen LogP contribution in [0.1, 0.15) is 18.9 Å². The molecule has 138 valence electrons. The Labute approximate surface area is 157 Å². The van der Waals surface area contributed by atoms with E-state index in [0.717, 1.165) is 10.5 Å². The molecule has 1 atom stereocenters. The van der Waals surface area contributed by atoms with E-state index in [1.54, 1.807) is 37.9 Å². The molecule has 0 aliphatic carbocycles. The summed E-state index contributed by atoms with van der Waals surface area (Å²) in [6.45, 7) is 1.97. The second-order valence-corrected chi connectivity index (χ2v) is 7.02. The number of amides is 2. The van der Waals surface area contributed by atoms with Crippen molar-refractivity contribution in [3.05, 3.63) is 66.0 Å². The van der Waals surface area contributed by atoms with E-state index in [0.29, 0.717) is 12.2 Å². The number of thioether (sulfide) groups is 1. The molecule has 6 heteroatoms. The Bertz CT molecular complexity index is 722. The lowest BCUT2D eigenvalue weighted by Gasteiger charge is -2.28. The van der Waals surface area contributed by atoms with Crippen molar-refractivity contribution in [2.45, 2.75) is 30.8 Å². The van der Waals surface area contributed by atoms with E-state index >= 15 is 0 Å². The van der Waals surface area contributed by atoms with Gasteiger partial charge in [0.2, 0.25) is 11.8 Å². The zero-order valence-corrected chi connectivity index (χ0v) is 15.8. The second-order valence-electron chi connectivity index (χ2n) is 5.85. The van der Waals surface area contributed by atoms with Gasteiger partial charge < -0.3 is 10.2 Å². The maximum Gasteiger partial charge on any atom is 0.242 e. The first-order valence-electron chi connectivity index (χ1n) is 8.44. The fourth-order valence-corrected chi connectivity index (χ4v) is 3.36. The predicted octanol–water partition coefficient (Wildman–Crippen LogP) is 3.47. The summed E-state index contributed by atoms with van der Waals surface area (Å²) in [7, 11) is 1.55. The molecule has 0 aliphatic rings. The van der Waals surface area contributed by atoms with Gasteiger partial charge in [-0.15, -0.1) is 11.8 Å². The fraction of sp³-hybridized carbons (Fsp3) is 0.300. The van der Waals surface area contributed by atoms with Crippen molar-refractivity contribution >= 4 is 23.6 Å². The van der Waals surface area contributed by atoms with Gasteiger partial charge in [0.05, 0.1) is 0 Å². The van der Waals surface area contributed by atoms with Crippen LogP contribution in [-0.2, 0) is 16.1 Å². The number of rotatable bonds is 8. The third-order valence-corrected chi connectivity index (χ3v) is 5.02. The summed E-state index contributed by atoms with van der Waals surface area (Å²) in [6.07, 6.45) is 0.322. The van der Waals surface area contributed by atoms with Gasteiger partial charge in [0.15, 0.2) is 0 Å². The van der Waals surface area contributed by atoms with Crippen LogP contribution >= 0.6 is 11.8 Å². The van der Waals surface area contributed by atoms with Gasteiger partial charge in [-0.25, -0.2) is 4.39 Å². The predicted molar refractivity (Wildman–Crippen MR) is 102 cm³/mol. The van der Waals surface area contributed by atoms with Gasteiger partial charge in [0.1, 0.15) is 11.9 Å². The second kappa shape index (κ2) is 9.97. The number of carbonyl (C=O) groups is 2. The van der Waals surface area contributed by atoms with E-state index < -0.39 is 6.04 Å². The standard InChI is InChI=1S/C20H23FN2O2S/c1-15(20(25)22-2)23(14-16-8-10-17(21)11-9-16)19(24)12-13-26-18-6-4-3-5-7-18/h3-11,15H,12-14H2,1-2H3,(H,22,25). The lowest BCUT2D eigenvalue weighted by atomic mass is 10.1. The number of benzene rings is 2. The average Bonchev–Trinajstić information content (AvgIpc) is 2.67. The molecule has 0 bridgehead atoms. The van der Waals surface area contributed by atoms with Crippen LogP contribution in [0.2, 0.25) is 0 Å². The van der Waals surface area contributed by atoms with Gasteiger partial charge in [-0.3, -0.25) is 9.59 Å². The zero-order valence-electron chi connectivity index (χ0n) is 14.9. The fourth-order valence-electron chi connectivity index (χ4n) is 2.49. The van der Waals surface area contributed by atoms with Crippen LogP contribution in [0.4, 0.5) is 4.39 Å². The SMILES string of the molecule is CNC(=O)C(C)N(Cc1ccc(F)cc1)C(=O)CCSc1ccccc1. The van der Waals surface area contributed by atoms with Gasteiger partial charge in [-0.05, 0) is 36.8 Å². The number of likely N-dealkylation sites (N-methyl/N-ethyl adjacent to an activating group) is 1. The molecular weight excluding hydrogens is 351 g/mol. The average molecular weight is 374 g/mol. The molecule has 0 fully saturated rings. The normalized spacial score (nSPS) is 11.7. The zero-order chi connectivity index (χ0) is 18.9. The molecule has 0 saturated carbocycles. The first-order chi connectivity index (χ1) is 12.5. The number of hydrogen-bond donors (Lipinski definition) is 1. The first-order valence-corrected chi connectivity index (χ1v) is 9.43. The van der Waals surface area contributed by atoms with Crippen molar-refractivity contribution < 1.29 is 14.0 Å². The highest BCUT2D eigenvalue weighted by molar-refractivity contribution is 7.99. The van der Waals surface area contributed by atoms with Gasteiger partial charge in [0.25, 0.3) is 0 Å². The van der Waals surface area contributed by atoms with Gasteiger partial charge in [0, 0.05) is 30.7 Å². The number of hydrogen-bond acceptors (Lipinski definition) is 3. The molecule has 1 unspecified atom stereocenters. The Morgan fingerprint density at radius 2 is 1.77 bits per heavy atom. The van der Waals surface area contributed by atoms with Crippen LogP contribution < -0.4 is 5.32 Å². The summed E-state index contributed by atoms with van der Waals surface area (Å²) in [5.41, 5.74) is 0.784. The summed E-state index contributed by atoms with van der Waals surface area (Å²) in [4.78, 5) is 27.4. The first kappa shape index (κ1) is 20.0. The van der Waals surface area contributed by atoms with Crippen molar-refractivity contribution in [1.82, 2.24) is 10.2 Å². The summed E-state index contributed by atoms with van der Waals surface area (Å²) < 4.78 is 13.1. The molecule has 2 rings (SSSR count). The molecule has 0 aromatic heterocycles. The molecular formula is C20H23FN2O2S. The van der Waals surface area contributed by atoms with Crippen molar-refractivity contribution in [3.8, 4) is 0 Å². The summed E-state index contributed by atoms with van der Waals surface area (Å²) in [6, 6.07) is 15.2. The van der Waals surface area contributed by atoms with Crippen molar-refractivity contribution in [3.63, 3.8) is 0 Å². The lowest BCUT2D eigenvalue weighted by molar-refractivity contribution is -0.140. The minimum absolute atomic E-state index is 0.103. The van der Waals surface area contributed by atoms with Crippen LogP contribution in [0.5, 0.6) is 0 Å². The van der Waals surface area contributed by atoms with Crippen LogP contribution in [0.15, 0.2) is 59.5 Å². The Hall–Kier alpha value is -2.34. The Balaban J connectivity index is 2.02. The van der Waals surface area contributed by atoms with E-state index in [2.05, 4.69) is 5.32 Å². The van der Waals surface area contributed by atoms with E-state index in [-0.39, 0.29) is 24.2 Å². The van der Waals surface area contributed by atoms with Crippen LogP contribution in [-0.4, -0.2) is 35.6 Å². The molecule has 0 saturated heterocycles. The number of carbonyl (C=O) groups excluding carboxylic acids is 2. The molecule has 0 radical (unpaired) electrons. The monoisotopic (exact) mass is 374 g/mol. The molecule has 0 heterocycles. The van der Waals surface area contributed by atoms with Gasteiger partial charge in [-0.1, -0.05) is 30.3 Å². The van der Waals surface area contributed by atoms with Crippen LogP contribution in [0.3, 0.4) is 0 Å². The van der Waals surface area contributed by atoms with Crippen molar-refractivity contribution in [2.24, 2.45) is 0 Å². The molecule has 1 N–H and O–H groups in total. The van der Waals surface area contributed by atoms with E-state index in [1.165, 1.54) is 17.0 Å². The lowest BCUT2D eigenvalue weighted by Crippen LogP contribution is -2.46. The number of nitrogens with zero attached hydrogens (tertiary/aromatic N) is 1. The summed E-state index contributed by atoms with van der Waals surface area (Å²) >= 11 is 1.60. The highest BCUT2D eigenvalue weighted by Crippen LogP contribution is 2.19. The van der Waals surface area contributed by atoms with E-state index in [4.69, 9.17) is 0 Å².